The van der Waals surface area contributed by atoms with E-state index in [0.717, 1.165) is 16.9 Å². The highest BCUT2D eigenvalue weighted by Crippen LogP contribution is 2.20. The average molecular weight is 278 g/mol. The summed E-state index contributed by atoms with van der Waals surface area (Å²) < 4.78 is 0. The first kappa shape index (κ1) is 13.5. The number of nitrogens with zero attached hydrogens (tertiary/aromatic N) is 3. The highest BCUT2D eigenvalue weighted by atomic mass is 15.5. The molecule has 0 aliphatic heterocycles. The number of benzene rings is 2. The SMILES string of the molecule is Cc1cc(C)cc(C(N)c2cnn(-c3ccccc3)n2)c1. The highest BCUT2D eigenvalue weighted by molar-refractivity contribution is 5.34. The second-order valence-corrected chi connectivity index (χ2v) is 5.29. The van der Waals surface area contributed by atoms with Crippen molar-refractivity contribution in [1.82, 2.24) is 15.0 Å². The summed E-state index contributed by atoms with van der Waals surface area (Å²) in [6, 6.07) is 15.9. The Balaban J connectivity index is 1.92. The molecule has 4 heteroatoms. The van der Waals surface area contributed by atoms with Crippen molar-refractivity contribution >= 4 is 0 Å². The van der Waals surface area contributed by atoms with Gasteiger partial charge in [-0.25, -0.2) is 0 Å². The summed E-state index contributed by atoms with van der Waals surface area (Å²) in [4.78, 5) is 1.61. The van der Waals surface area contributed by atoms with Crippen LogP contribution in [0, 0.1) is 13.8 Å². The van der Waals surface area contributed by atoms with Gasteiger partial charge in [-0.2, -0.15) is 15.0 Å². The third-order valence-corrected chi connectivity index (χ3v) is 3.42. The van der Waals surface area contributed by atoms with Gasteiger partial charge in [-0.05, 0) is 31.5 Å². The number of hydrogen-bond donors (Lipinski definition) is 1. The molecule has 21 heavy (non-hydrogen) atoms. The molecule has 106 valence electrons. The second-order valence-electron chi connectivity index (χ2n) is 5.29. The summed E-state index contributed by atoms with van der Waals surface area (Å²) >= 11 is 0. The lowest BCUT2D eigenvalue weighted by molar-refractivity contribution is 0.719. The predicted octanol–water partition coefficient (Wildman–Crippen LogP) is 2.93. The maximum Gasteiger partial charge on any atom is 0.104 e. The number of aryl methyl sites for hydroxylation is 2. The first-order chi connectivity index (χ1) is 10.1. The molecule has 1 heterocycles. The Morgan fingerprint density at radius 2 is 1.67 bits per heavy atom. The topological polar surface area (TPSA) is 56.7 Å². The van der Waals surface area contributed by atoms with Crippen LogP contribution in [0.3, 0.4) is 0 Å². The van der Waals surface area contributed by atoms with E-state index in [-0.39, 0.29) is 6.04 Å². The molecule has 2 aromatic carbocycles. The van der Waals surface area contributed by atoms with Gasteiger partial charge in [0.15, 0.2) is 0 Å². The molecule has 3 rings (SSSR count). The number of rotatable bonds is 3. The van der Waals surface area contributed by atoms with Crippen LogP contribution in [0.15, 0.2) is 54.7 Å². The van der Waals surface area contributed by atoms with E-state index in [4.69, 9.17) is 5.73 Å². The van der Waals surface area contributed by atoms with E-state index in [1.165, 1.54) is 11.1 Å². The van der Waals surface area contributed by atoms with Crippen LogP contribution in [0.5, 0.6) is 0 Å². The monoisotopic (exact) mass is 278 g/mol. The Kier molecular flexibility index (Phi) is 3.54. The predicted molar refractivity (Wildman–Crippen MR) is 83.3 cm³/mol. The Hall–Kier alpha value is -2.46. The molecular formula is C17H18N4. The largest absolute Gasteiger partial charge is 0.319 e. The van der Waals surface area contributed by atoms with Gasteiger partial charge in [0, 0.05) is 0 Å². The zero-order chi connectivity index (χ0) is 14.8. The van der Waals surface area contributed by atoms with Crippen molar-refractivity contribution in [3.8, 4) is 5.69 Å². The van der Waals surface area contributed by atoms with E-state index in [0.29, 0.717) is 0 Å². The zero-order valence-corrected chi connectivity index (χ0v) is 12.2. The molecular weight excluding hydrogens is 260 g/mol. The van der Waals surface area contributed by atoms with Crippen molar-refractivity contribution in [2.24, 2.45) is 5.73 Å². The van der Waals surface area contributed by atoms with E-state index in [2.05, 4.69) is 42.2 Å². The van der Waals surface area contributed by atoms with Crippen LogP contribution in [0.1, 0.15) is 28.4 Å². The van der Waals surface area contributed by atoms with Gasteiger partial charge in [0.2, 0.25) is 0 Å². The van der Waals surface area contributed by atoms with Gasteiger partial charge >= 0.3 is 0 Å². The highest BCUT2D eigenvalue weighted by Gasteiger charge is 2.14. The zero-order valence-electron chi connectivity index (χ0n) is 12.2. The Bertz CT molecular complexity index is 726. The molecule has 1 aromatic heterocycles. The third-order valence-electron chi connectivity index (χ3n) is 3.42. The molecule has 1 atom stereocenters. The van der Waals surface area contributed by atoms with Crippen LogP contribution in [-0.4, -0.2) is 15.0 Å². The maximum absolute atomic E-state index is 6.33. The Morgan fingerprint density at radius 1 is 1.00 bits per heavy atom. The van der Waals surface area contributed by atoms with Crippen molar-refractivity contribution in [1.29, 1.82) is 0 Å². The fourth-order valence-corrected chi connectivity index (χ4v) is 2.46. The summed E-state index contributed by atoms with van der Waals surface area (Å²) in [5, 5.41) is 8.80. The van der Waals surface area contributed by atoms with Gasteiger partial charge in [0.05, 0.1) is 17.9 Å². The van der Waals surface area contributed by atoms with E-state index in [9.17, 15) is 0 Å². The second kappa shape index (κ2) is 5.50. The van der Waals surface area contributed by atoms with Gasteiger partial charge in [-0.15, -0.1) is 0 Å². The first-order valence-electron chi connectivity index (χ1n) is 6.95. The number of aromatic nitrogens is 3. The maximum atomic E-state index is 6.33. The van der Waals surface area contributed by atoms with E-state index in [1.54, 1.807) is 11.0 Å². The molecule has 0 aliphatic rings. The van der Waals surface area contributed by atoms with Crippen LogP contribution < -0.4 is 5.73 Å². The molecule has 0 saturated carbocycles. The van der Waals surface area contributed by atoms with Gasteiger partial charge in [0.25, 0.3) is 0 Å². The summed E-state index contributed by atoms with van der Waals surface area (Å²) in [5.74, 6) is 0. The number of nitrogens with two attached hydrogens (primary N) is 1. The molecule has 0 radical (unpaired) electrons. The standard InChI is InChI=1S/C17H18N4/c1-12-8-13(2)10-14(9-12)17(18)16-11-19-21(20-16)15-6-4-3-5-7-15/h3-11,17H,18H2,1-2H3. The molecule has 0 aliphatic carbocycles. The molecule has 2 N–H and O–H groups in total. The number of para-hydroxylation sites is 1. The molecule has 3 aromatic rings. The van der Waals surface area contributed by atoms with Crippen molar-refractivity contribution in [2.45, 2.75) is 19.9 Å². The van der Waals surface area contributed by atoms with Gasteiger partial charge in [-0.1, -0.05) is 47.5 Å². The van der Waals surface area contributed by atoms with E-state index in [1.807, 2.05) is 30.3 Å². The van der Waals surface area contributed by atoms with Crippen LogP contribution in [0.4, 0.5) is 0 Å². The third kappa shape index (κ3) is 2.85. The lowest BCUT2D eigenvalue weighted by Gasteiger charge is -2.11. The van der Waals surface area contributed by atoms with Gasteiger partial charge < -0.3 is 5.73 Å². The molecule has 0 saturated heterocycles. The quantitative estimate of drug-likeness (QED) is 0.801. The van der Waals surface area contributed by atoms with Crippen molar-refractivity contribution < 1.29 is 0 Å². The molecule has 1 unspecified atom stereocenters. The van der Waals surface area contributed by atoms with Crippen LogP contribution in [0.25, 0.3) is 5.69 Å². The van der Waals surface area contributed by atoms with Crippen molar-refractivity contribution in [3.05, 3.63) is 77.1 Å². The normalized spacial score (nSPS) is 12.3. The van der Waals surface area contributed by atoms with E-state index >= 15 is 0 Å². The lowest BCUT2D eigenvalue weighted by atomic mass is 10.0. The molecule has 0 spiro atoms. The minimum Gasteiger partial charge on any atom is -0.319 e. The first-order valence-corrected chi connectivity index (χ1v) is 6.95. The minimum atomic E-state index is -0.263. The van der Waals surface area contributed by atoms with Crippen LogP contribution in [-0.2, 0) is 0 Å². The molecule has 4 nitrogen and oxygen atoms in total. The molecule has 0 bridgehead atoms. The fraction of sp³-hybridized carbons (Fsp3) is 0.176. The fourth-order valence-electron chi connectivity index (χ4n) is 2.46. The summed E-state index contributed by atoms with van der Waals surface area (Å²) in [5.41, 5.74) is 11.5. The molecule has 0 fully saturated rings. The smallest absolute Gasteiger partial charge is 0.104 e. The Labute approximate surface area is 124 Å². The summed E-state index contributed by atoms with van der Waals surface area (Å²) in [6.07, 6.45) is 1.73. The van der Waals surface area contributed by atoms with E-state index < -0.39 is 0 Å². The summed E-state index contributed by atoms with van der Waals surface area (Å²) in [6.45, 7) is 4.15. The minimum absolute atomic E-state index is 0.263. The Morgan fingerprint density at radius 3 is 2.33 bits per heavy atom. The van der Waals surface area contributed by atoms with Crippen LogP contribution >= 0.6 is 0 Å². The lowest BCUT2D eigenvalue weighted by Crippen LogP contribution is -2.13. The summed E-state index contributed by atoms with van der Waals surface area (Å²) in [7, 11) is 0. The van der Waals surface area contributed by atoms with Crippen molar-refractivity contribution in [2.75, 3.05) is 0 Å². The van der Waals surface area contributed by atoms with Gasteiger partial charge in [-0.3, -0.25) is 0 Å². The van der Waals surface area contributed by atoms with Crippen LogP contribution in [0.2, 0.25) is 0 Å². The molecule has 0 amide bonds. The number of hydrogen-bond acceptors (Lipinski definition) is 3. The average Bonchev–Trinajstić information content (AvgIpc) is 2.96. The van der Waals surface area contributed by atoms with Gasteiger partial charge in [0.1, 0.15) is 5.69 Å². The van der Waals surface area contributed by atoms with Crippen molar-refractivity contribution in [3.63, 3.8) is 0 Å².